The van der Waals surface area contributed by atoms with Gasteiger partial charge in [-0.2, -0.15) is 4.31 Å². The molecule has 3 rings (SSSR count). The van der Waals surface area contributed by atoms with Crippen molar-refractivity contribution in [3.8, 4) is 0 Å². The lowest BCUT2D eigenvalue weighted by atomic mass is 10.0. The van der Waals surface area contributed by atoms with E-state index in [0.29, 0.717) is 37.6 Å². The number of aryl methyl sites for hydroxylation is 1. The van der Waals surface area contributed by atoms with Crippen LogP contribution in [0.2, 0.25) is 0 Å². The number of unbranched alkanes of at least 4 members (excludes halogenated alkanes) is 1. The fourth-order valence-corrected chi connectivity index (χ4v) is 5.52. The molecule has 0 atom stereocenters. The van der Waals surface area contributed by atoms with Crippen LogP contribution in [0.1, 0.15) is 56.8 Å². The van der Waals surface area contributed by atoms with Crippen molar-refractivity contribution >= 4 is 26.8 Å². The summed E-state index contributed by atoms with van der Waals surface area (Å²) in [6, 6.07) is 4.69. The van der Waals surface area contributed by atoms with Crippen LogP contribution in [0.5, 0.6) is 0 Å². The van der Waals surface area contributed by atoms with Crippen LogP contribution in [0.15, 0.2) is 34.1 Å². The quantitative estimate of drug-likeness (QED) is 0.652. The maximum Gasteiger partial charge on any atom is 0.259 e. The predicted molar refractivity (Wildman–Crippen MR) is 123 cm³/mol. The Morgan fingerprint density at radius 2 is 1.87 bits per heavy atom. The third-order valence-electron chi connectivity index (χ3n) is 6.20. The summed E-state index contributed by atoms with van der Waals surface area (Å²) in [6.07, 6.45) is 5.06. The van der Waals surface area contributed by atoms with Gasteiger partial charge in [-0.15, -0.1) is 0 Å². The number of aromatic nitrogens is 1. The summed E-state index contributed by atoms with van der Waals surface area (Å²) < 4.78 is 29.7. The molecule has 2 aromatic rings. The van der Waals surface area contributed by atoms with Gasteiger partial charge < -0.3 is 9.47 Å². The van der Waals surface area contributed by atoms with Crippen LogP contribution in [0, 0.1) is 5.92 Å². The molecule has 1 aliphatic heterocycles. The minimum atomic E-state index is -3.68. The number of amides is 1. The van der Waals surface area contributed by atoms with E-state index in [-0.39, 0.29) is 21.8 Å². The smallest absolute Gasteiger partial charge is 0.259 e. The zero-order valence-corrected chi connectivity index (χ0v) is 19.7. The Morgan fingerprint density at radius 3 is 2.48 bits per heavy atom. The zero-order chi connectivity index (χ0) is 22.8. The highest BCUT2D eigenvalue weighted by molar-refractivity contribution is 7.89. The van der Waals surface area contributed by atoms with Crippen molar-refractivity contribution in [2.24, 2.45) is 5.92 Å². The third kappa shape index (κ3) is 4.70. The number of hydrogen-bond donors (Lipinski definition) is 0. The van der Waals surface area contributed by atoms with Crippen LogP contribution < -0.4 is 5.43 Å². The molecule has 0 aliphatic carbocycles. The van der Waals surface area contributed by atoms with Gasteiger partial charge in [-0.25, -0.2) is 8.42 Å². The van der Waals surface area contributed by atoms with Gasteiger partial charge >= 0.3 is 0 Å². The summed E-state index contributed by atoms with van der Waals surface area (Å²) in [7, 11) is -1.99. The maximum absolute atomic E-state index is 13.2. The predicted octanol–water partition coefficient (Wildman–Crippen LogP) is 3.31. The molecule has 1 amide bonds. The molecule has 0 unspecified atom stereocenters. The highest BCUT2D eigenvalue weighted by atomic mass is 32.2. The van der Waals surface area contributed by atoms with Crippen LogP contribution in [-0.2, 0) is 16.6 Å². The molecular formula is C23H33N3O4S. The van der Waals surface area contributed by atoms with Crippen molar-refractivity contribution in [3.63, 3.8) is 0 Å². The van der Waals surface area contributed by atoms with E-state index in [9.17, 15) is 18.0 Å². The van der Waals surface area contributed by atoms with Gasteiger partial charge in [-0.1, -0.05) is 20.3 Å². The Labute approximate surface area is 184 Å². The topological polar surface area (TPSA) is 79.7 Å². The SMILES string of the molecule is CCCCN(C)C(=O)c1cn(CC)c2ccc(S(=O)(=O)N3CCC(C)CC3)cc2c1=O. The van der Waals surface area contributed by atoms with Crippen molar-refractivity contribution in [3.05, 3.63) is 40.2 Å². The molecule has 170 valence electrons. The molecule has 1 aromatic carbocycles. The summed E-state index contributed by atoms with van der Waals surface area (Å²) >= 11 is 0. The average molecular weight is 448 g/mol. The molecule has 0 N–H and O–H groups in total. The summed E-state index contributed by atoms with van der Waals surface area (Å²) in [5.41, 5.74) is 0.290. The van der Waals surface area contributed by atoms with Gasteiger partial charge in [0.1, 0.15) is 5.56 Å². The van der Waals surface area contributed by atoms with Gasteiger partial charge in [-0.05, 0) is 50.3 Å². The van der Waals surface area contributed by atoms with E-state index in [1.54, 1.807) is 30.3 Å². The summed E-state index contributed by atoms with van der Waals surface area (Å²) in [4.78, 5) is 27.8. The maximum atomic E-state index is 13.2. The first-order valence-electron chi connectivity index (χ1n) is 11.1. The van der Waals surface area contributed by atoms with Gasteiger partial charge in [0, 0.05) is 44.8 Å². The van der Waals surface area contributed by atoms with E-state index < -0.39 is 15.5 Å². The van der Waals surface area contributed by atoms with Crippen molar-refractivity contribution in [2.45, 2.75) is 57.9 Å². The van der Waals surface area contributed by atoms with Crippen LogP contribution in [-0.4, -0.2) is 54.8 Å². The molecule has 8 heteroatoms. The molecule has 1 aliphatic rings. The van der Waals surface area contributed by atoms with Crippen molar-refractivity contribution in [1.29, 1.82) is 0 Å². The monoisotopic (exact) mass is 447 g/mol. The van der Waals surface area contributed by atoms with Crippen molar-refractivity contribution in [1.82, 2.24) is 13.8 Å². The van der Waals surface area contributed by atoms with Crippen LogP contribution in [0.25, 0.3) is 10.9 Å². The van der Waals surface area contributed by atoms with E-state index in [1.807, 2.05) is 18.4 Å². The Balaban J connectivity index is 2.08. The standard InChI is InChI=1S/C23H33N3O4S/c1-5-7-12-24(4)23(28)20-16-25(6-2)21-9-8-18(15-19(21)22(20)27)31(29,30)26-13-10-17(3)11-14-26/h8-9,15-17H,5-7,10-14H2,1-4H3. The number of rotatable bonds is 7. The van der Waals surface area contributed by atoms with Gasteiger partial charge in [0.2, 0.25) is 15.5 Å². The van der Waals surface area contributed by atoms with Crippen LogP contribution >= 0.6 is 0 Å². The fourth-order valence-electron chi connectivity index (χ4n) is 4.03. The number of carbonyl (C=O) groups excluding carboxylic acids is 1. The van der Waals surface area contributed by atoms with Crippen LogP contribution in [0.4, 0.5) is 0 Å². The van der Waals surface area contributed by atoms with E-state index >= 15 is 0 Å². The average Bonchev–Trinajstić information content (AvgIpc) is 2.77. The molecular weight excluding hydrogens is 414 g/mol. The second-order valence-electron chi connectivity index (χ2n) is 8.50. The third-order valence-corrected chi connectivity index (χ3v) is 8.09. The summed E-state index contributed by atoms with van der Waals surface area (Å²) in [6.45, 7) is 8.21. The number of benzene rings is 1. The number of nitrogens with zero attached hydrogens (tertiary/aromatic N) is 3. The minimum absolute atomic E-state index is 0.0781. The minimum Gasteiger partial charge on any atom is -0.347 e. The molecule has 0 radical (unpaired) electrons. The molecule has 0 spiro atoms. The Kier molecular flexibility index (Phi) is 7.21. The Morgan fingerprint density at radius 1 is 1.19 bits per heavy atom. The molecule has 1 fully saturated rings. The van der Waals surface area contributed by atoms with Crippen molar-refractivity contribution < 1.29 is 13.2 Å². The number of carbonyl (C=O) groups is 1. The summed E-state index contributed by atoms with van der Waals surface area (Å²) in [5, 5.41) is 0.267. The first kappa shape index (κ1) is 23.5. The first-order valence-corrected chi connectivity index (χ1v) is 12.6. The Hall–Kier alpha value is -2.19. The lowest BCUT2D eigenvalue weighted by Gasteiger charge is -2.29. The molecule has 2 heterocycles. The lowest BCUT2D eigenvalue weighted by molar-refractivity contribution is 0.0791. The number of pyridine rings is 1. The van der Waals surface area contributed by atoms with E-state index in [0.717, 1.165) is 25.7 Å². The molecule has 0 bridgehead atoms. The number of sulfonamides is 1. The number of piperidine rings is 1. The fraction of sp³-hybridized carbons (Fsp3) is 0.565. The molecule has 31 heavy (non-hydrogen) atoms. The zero-order valence-electron chi connectivity index (χ0n) is 18.9. The lowest BCUT2D eigenvalue weighted by Crippen LogP contribution is -2.38. The highest BCUT2D eigenvalue weighted by Crippen LogP contribution is 2.25. The first-order chi connectivity index (χ1) is 14.7. The molecule has 7 nitrogen and oxygen atoms in total. The molecule has 0 saturated carbocycles. The van der Waals surface area contributed by atoms with Crippen molar-refractivity contribution in [2.75, 3.05) is 26.7 Å². The van der Waals surface area contributed by atoms with Gasteiger partial charge in [0.25, 0.3) is 5.91 Å². The second-order valence-corrected chi connectivity index (χ2v) is 10.4. The van der Waals surface area contributed by atoms with Crippen LogP contribution in [0.3, 0.4) is 0 Å². The van der Waals surface area contributed by atoms with Gasteiger partial charge in [0.15, 0.2) is 0 Å². The highest BCUT2D eigenvalue weighted by Gasteiger charge is 2.29. The molecule has 1 aromatic heterocycles. The Bertz CT molecular complexity index is 1120. The van der Waals surface area contributed by atoms with E-state index in [2.05, 4.69) is 6.92 Å². The number of fused-ring (bicyclic) bond motifs is 1. The molecule has 1 saturated heterocycles. The van der Waals surface area contributed by atoms with Gasteiger partial charge in [0.05, 0.1) is 10.4 Å². The normalized spacial score (nSPS) is 16.0. The largest absolute Gasteiger partial charge is 0.347 e. The van der Waals surface area contributed by atoms with E-state index in [1.165, 1.54) is 10.4 Å². The van der Waals surface area contributed by atoms with Gasteiger partial charge in [-0.3, -0.25) is 9.59 Å². The second kappa shape index (κ2) is 9.53. The van der Waals surface area contributed by atoms with E-state index in [4.69, 9.17) is 0 Å². The number of hydrogen-bond acceptors (Lipinski definition) is 4. The summed E-state index contributed by atoms with van der Waals surface area (Å²) in [5.74, 6) is 0.180.